The molecule has 0 aliphatic rings. The molecule has 0 heterocycles. The predicted molar refractivity (Wildman–Crippen MR) is 54.0 cm³/mol. The number of benzene rings is 1. The Hall–Kier alpha value is -1.01. The van der Waals surface area contributed by atoms with Gasteiger partial charge in [0.25, 0.3) is 5.69 Å². The van der Waals surface area contributed by atoms with Crippen molar-refractivity contribution in [1.82, 2.24) is 5.32 Å². The van der Waals surface area contributed by atoms with E-state index in [2.05, 4.69) is 11.8 Å². The minimum Gasteiger partial charge on any atom is -0.473 e. The van der Waals surface area contributed by atoms with E-state index in [0.717, 1.165) is 0 Å². The summed E-state index contributed by atoms with van der Waals surface area (Å²) >= 11 is 0. The number of nitrogens with zero attached hydrogens (tertiary/aromatic N) is 1. The Bertz CT molecular complexity index is 353. The molecule has 0 unspecified atom stereocenters. The van der Waals surface area contributed by atoms with Gasteiger partial charge in [0.1, 0.15) is 5.75 Å². The van der Waals surface area contributed by atoms with Gasteiger partial charge in [0.15, 0.2) is 0 Å². The molecule has 16 heavy (non-hydrogen) atoms. The zero-order chi connectivity index (χ0) is 10.6. The van der Waals surface area contributed by atoms with Crippen molar-refractivity contribution in [2.45, 2.75) is 0 Å². The van der Waals surface area contributed by atoms with Crippen molar-refractivity contribution in [3.05, 3.63) is 48.9 Å². The SMILES string of the molecule is [CH2-]NC(=O)Oc1ccc([N+](=O)[O-])cc1.[CH3-].[Y]. The molecule has 0 aliphatic carbocycles. The standard InChI is InChI=1S/C8H7N2O4.CH3.Y/c1-9-8(11)14-7-4-2-6(3-5-7)10(12)13;;/h2-5H,1H2,(H,9,11);1H3;/q2*-1;. The third-order valence-electron chi connectivity index (χ3n) is 1.40. The van der Waals surface area contributed by atoms with Crippen LogP contribution in [-0.2, 0) is 32.7 Å². The van der Waals surface area contributed by atoms with E-state index in [0.29, 0.717) is 0 Å². The number of hydrogen-bond donors (Lipinski definition) is 1. The Labute approximate surface area is 118 Å². The largest absolute Gasteiger partial charge is 0.473 e. The molecule has 85 valence electrons. The summed E-state index contributed by atoms with van der Waals surface area (Å²) in [6, 6.07) is 5.14. The summed E-state index contributed by atoms with van der Waals surface area (Å²) in [5, 5.41) is 12.3. The number of carbonyl (C=O) groups is 1. The summed E-state index contributed by atoms with van der Waals surface area (Å²) < 4.78 is 4.66. The summed E-state index contributed by atoms with van der Waals surface area (Å²) in [6.45, 7) is 0. The Morgan fingerprint density at radius 3 is 2.25 bits per heavy atom. The van der Waals surface area contributed by atoms with Crippen LogP contribution in [0, 0.1) is 24.6 Å². The third kappa shape index (κ3) is 5.18. The molecule has 0 fully saturated rings. The Kier molecular flexibility index (Phi) is 8.89. The first-order valence-corrected chi connectivity index (χ1v) is 3.63. The quantitative estimate of drug-likeness (QED) is 0.514. The summed E-state index contributed by atoms with van der Waals surface area (Å²) in [5.74, 6) is 0.219. The van der Waals surface area contributed by atoms with E-state index >= 15 is 0 Å². The molecule has 1 radical (unpaired) electrons. The fraction of sp³-hybridized carbons (Fsp3) is 0. The Morgan fingerprint density at radius 2 is 1.88 bits per heavy atom. The molecule has 0 aromatic heterocycles. The van der Waals surface area contributed by atoms with E-state index in [1.54, 1.807) is 0 Å². The molecule has 1 amide bonds. The van der Waals surface area contributed by atoms with Crippen molar-refractivity contribution in [3.63, 3.8) is 0 Å². The van der Waals surface area contributed by atoms with E-state index in [9.17, 15) is 14.9 Å². The maximum absolute atomic E-state index is 10.7. The molecule has 1 aromatic carbocycles. The van der Waals surface area contributed by atoms with Crippen molar-refractivity contribution in [3.8, 4) is 5.75 Å². The zero-order valence-electron chi connectivity index (χ0n) is 8.67. The summed E-state index contributed by atoms with van der Waals surface area (Å²) in [6.07, 6.45) is -0.723. The van der Waals surface area contributed by atoms with Gasteiger partial charge in [0, 0.05) is 44.8 Å². The van der Waals surface area contributed by atoms with Crippen LogP contribution in [-0.4, -0.2) is 11.0 Å². The zero-order valence-corrected chi connectivity index (χ0v) is 11.5. The van der Waals surface area contributed by atoms with Crippen molar-refractivity contribution in [2.75, 3.05) is 0 Å². The van der Waals surface area contributed by atoms with E-state index in [4.69, 9.17) is 0 Å². The maximum atomic E-state index is 10.7. The van der Waals surface area contributed by atoms with Gasteiger partial charge in [0.2, 0.25) is 0 Å². The van der Waals surface area contributed by atoms with Crippen LogP contribution in [0.15, 0.2) is 24.3 Å². The van der Waals surface area contributed by atoms with Gasteiger partial charge in [-0.25, -0.2) is 4.79 Å². The van der Waals surface area contributed by atoms with Crippen LogP contribution >= 0.6 is 0 Å². The van der Waals surface area contributed by atoms with Crippen LogP contribution in [0.5, 0.6) is 5.75 Å². The molecule has 1 rings (SSSR count). The minimum atomic E-state index is -0.723. The molecule has 0 bridgehead atoms. The van der Waals surface area contributed by atoms with Gasteiger partial charge in [-0.2, -0.15) is 0 Å². The van der Waals surface area contributed by atoms with Crippen LogP contribution in [0.4, 0.5) is 10.5 Å². The van der Waals surface area contributed by atoms with Crippen molar-refractivity contribution in [1.29, 1.82) is 0 Å². The fourth-order valence-electron chi connectivity index (χ4n) is 0.779. The van der Waals surface area contributed by atoms with Crippen molar-refractivity contribution >= 4 is 11.8 Å². The number of carbonyl (C=O) groups excluding carboxylic acids is 1. The van der Waals surface area contributed by atoms with E-state index < -0.39 is 11.0 Å². The predicted octanol–water partition coefficient (Wildman–Crippen LogP) is 1.92. The first-order valence-electron chi connectivity index (χ1n) is 3.63. The first kappa shape index (κ1) is 17.4. The number of nitrogens with one attached hydrogen (secondary N) is 1. The number of non-ortho nitro benzene ring substituents is 1. The number of rotatable bonds is 2. The molecule has 1 aromatic rings. The second kappa shape index (κ2) is 8.18. The van der Waals surface area contributed by atoms with Gasteiger partial charge >= 0.3 is 6.09 Å². The Balaban J connectivity index is 0. The van der Waals surface area contributed by atoms with Gasteiger partial charge in [-0.1, -0.05) is 0 Å². The maximum Gasteiger partial charge on any atom is 0.382 e. The van der Waals surface area contributed by atoms with Crippen LogP contribution in [0.3, 0.4) is 0 Å². The number of ether oxygens (including phenoxy) is 1. The van der Waals surface area contributed by atoms with Crippen LogP contribution < -0.4 is 10.1 Å². The molecule has 0 atom stereocenters. The van der Waals surface area contributed by atoms with E-state index in [1.807, 2.05) is 5.32 Å². The molecule has 1 N–H and O–H groups in total. The average Bonchev–Trinajstić information content (AvgIpc) is 2.18. The fourth-order valence-corrected chi connectivity index (χ4v) is 0.779. The molecule has 0 saturated heterocycles. The number of nitro benzene ring substituents is 1. The second-order valence-electron chi connectivity index (χ2n) is 2.32. The summed E-state index contributed by atoms with van der Waals surface area (Å²) in [5.41, 5.74) is -0.0626. The Morgan fingerprint density at radius 1 is 1.38 bits per heavy atom. The minimum absolute atomic E-state index is 0. The van der Waals surface area contributed by atoms with Crippen molar-refractivity contribution in [2.24, 2.45) is 0 Å². The van der Waals surface area contributed by atoms with Gasteiger partial charge in [0.05, 0.1) is 4.92 Å². The van der Waals surface area contributed by atoms with Gasteiger partial charge in [-0.05, 0) is 12.1 Å². The monoisotopic (exact) mass is 299 g/mol. The van der Waals surface area contributed by atoms with Gasteiger partial charge in [-0.15, -0.1) is 0 Å². The molecule has 7 heteroatoms. The summed E-state index contributed by atoms with van der Waals surface area (Å²) in [7, 11) is 3.09. The molecular formula is C9H10N2O4Y-2. The van der Waals surface area contributed by atoms with E-state index in [1.165, 1.54) is 24.3 Å². The smallest absolute Gasteiger partial charge is 0.382 e. The summed E-state index contributed by atoms with van der Waals surface area (Å²) in [4.78, 5) is 20.4. The topological polar surface area (TPSA) is 81.5 Å². The van der Waals surface area contributed by atoms with E-state index in [-0.39, 0.29) is 51.6 Å². The number of nitro groups is 1. The molecule has 6 nitrogen and oxygen atoms in total. The molecule has 0 saturated carbocycles. The number of hydrogen-bond acceptors (Lipinski definition) is 4. The van der Waals surface area contributed by atoms with Crippen LogP contribution in [0.1, 0.15) is 0 Å². The average molecular weight is 299 g/mol. The number of amides is 1. The van der Waals surface area contributed by atoms with Gasteiger partial charge in [-0.3, -0.25) is 17.2 Å². The molecule has 0 aliphatic heterocycles. The van der Waals surface area contributed by atoms with Gasteiger partial charge < -0.3 is 17.5 Å². The third-order valence-corrected chi connectivity index (χ3v) is 1.40. The molecule has 0 spiro atoms. The van der Waals surface area contributed by atoms with Crippen LogP contribution in [0.25, 0.3) is 0 Å². The van der Waals surface area contributed by atoms with Crippen molar-refractivity contribution < 1.29 is 47.2 Å². The normalized spacial score (nSPS) is 8.06. The molecular weight excluding hydrogens is 289 g/mol. The first-order chi connectivity index (χ1) is 6.63. The van der Waals surface area contributed by atoms with Crippen LogP contribution in [0.2, 0.25) is 0 Å². The second-order valence-corrected chi connectivity index (χ2v) is 2.32.